The molecule has 0 aliphatic carbocycles. The van der Waals surface area contributed by atoms with Crippen molar-refractivity contribution in [1.29, 1.82) is 0 Å². The van der Waals surface area contributed by atoms with Crippen LogP contribution in [0, 0.1) is 5.82 Å². The van der Waals surface area contributed by atoms with Crippen LogP contribution in [0.3, 0.4) is 0 Å². The largest absolute Gasteiger partial charge is 0.508 e. The number of carbonyl (C=O) groups excluding carboxylic acids is 2. The number of aromatic hydroxyl groups is 1. The molecule has 2 atom stereocenters. The second-order valence-electron chi connectivity index (χ2n) is 6.25. The molecule has 0 heterocycles. The van der Waals surface area contributed by atoms with Gasteiger partial charge in [-0.25, -0.2) is 9.18 Å². The quantitative estimate of drug-likeness (QED) is 0.491. The van der Waals surface area contributed by atoms with E-state index < -0.39 is 28.6 Å². The molecule has 0 aliphatic heterocycles. The van der Waals surface area contributed by atoms with E-state index in [1.807, 2.05) is 0 Å². The maximum atomic E-state index is 14.1. The molecule has 0 spiro atoms. The lowest BCUT2D eigenvalue weighted by molar-refractivity contribution is -0.155. The van der Waals surface area contributed by atoms with Gasteiger partial charge in [0.2, 0.25) is 10.9 Å². The van der Waals surface area contributed by atoms with Crippen LogP contribution in [0.4, 0.5) is 4.39 Å². The Morgan fingerprint density at radius 3 is 2.39 bits per heavy atom. The number of nitrogens with one attached hydrogen (secondary N) is 1. The van der Waals surface area contributed by atoms with Crippen LogP contribution in [0.15, 0.2) is 48.5 Å². The highest BCUT2D eigenvalue weighted by Gasteiger charge is 2.30. The molecule has 2 rings (SSSR count). The van der Waals surface area contributed by atoms with Gasteiger partial charge in [-0.05, 0) is 43.5 Å². The van der Waals surface area contributed by atoms with Crippen LogP contribution in [0.1, 0.15) is 30.6 Å². The molecule has 2 aromatic carbocycles. The zero-order valence-corrected chi connectivity index (χ0v) is 16.6. The zero-order chi connectivity index (χ0) is 20.7. The molecule has 2 aromatic rings. The van der Waals surface area contributed by atoms with Crippen molar-refractivity contribution in [3.63, 3.8) is 0 Å². The number of aryl methyl sites for hydroxylation is 1. The van der Waals surface area contributed by atoms with Crippen molar-refractivity contribution >= 4 is 35.1 Å². The van der Waals surface area contributed by atoms with Gasteiger partial charge in [0.05, 0.1) is 0 Å². The molecule has 0 saturated heterocycles. The third-order valence-corrected chi connectivity index (χ3v) is 4.39. The summed E-state index contributed by atoms with van der Waals surface area (Å²) in [4.78, 5) is 22.9. The van der Waals surface area contributed by atoms with E-state index in [1.54, 1.807) is 31.2 Å². The van der Waals surface area contributed by atoms with Crippen molar-refractivity contribution in [1.82, 2.24) is 5.32 Å². The number of phenols is 1. The van der Waals surface area contributed by atoms with Crippen LogP contribution < -0.4 is 5.32 Å². The molecule has 5 nitrogen and oxygen atoms in total. The van der Waals surface area contributed by atoms with Crippen molar-refractivity contribution in [2.24, 2.45) is 0 Å². The van der Waals surface area contributed by atoms with Crippen LogP contribution >= 0.6 is 23.2 Å². The van der Waals surface area contributed by atoms with E-state index in [9.17, 15) is 19.1 Å². The normalized spacial score (nSPS) is 13.0. The van der Waals surface area contributed by atoms with E-state index in [0.29, 0.717) is 12.8 Å². The Morgan fingerprint density at radius 1 is 1.14 bits per heavy atom. The molecule has 0 saturated carbocycles. The van der Waals surface area contributed by atoms with E-state index in [0.717, 1.165) is 11.6 Å². The predicted octanol–water partition coefficient (Wildman–Crippen LogP) is 4.06. The van der Waals surface area contributed by atoms with Crippen LogP contribution in [-0.4, -0.2) is 27.9 Å². The highest BCUT2D eigenvalue weighted by atomic mass is 35.5. The first-order valence-electron chi connectivity index (χ1n) is 8.59. The molecule has 0 radical (unpaired) electrons. The van der Waals surface area contributed by atoms with Crippen LogP contribution in [0.5, 0.6) is 5.75 Å². The Bertz CT molecular complexity index is 814. The highest BCUT2D eigenvalue weighted by Crippen LogP contribution is 2.23. The van der Waals surface area contributed by atoms with Crippen molar-refractivity contribution in [2.75, 3.05) is 0 Å². The fraction of sp³-hybridized carbons (Fsp3) is 0.300. The van der Waals surface area contributed by atoms with Gasteiger partial charge in [-0.3, -0.25) is 4.79 Å². The summed E-state index contributed by atoms with van der Waals surface area (Å²) in [5, 5.41) is 12.0. The first kappa shape index (κ1) is 22.0. The minimum Gasteiger partial charge on any atom is -0.508 e. The number of amides is 1. The number of ether oxygens (including phenoxy) is 1. The Hall–Kier alpha value is -2.31. The van der Waals surface area contributed by atoms with Crippen LogP contribution in [-0.2, 0) is 20.7 Å². The first-order chi connectivity index (χ1) is 13.3. The molecule has 0 fully saturated rings. The first-order valence-corrected chi connectivity index (χ1v) is 9.46. The fourth-order valence-corrected chi connectivity index (χ4v) is 2.65. The van der Waals surface area contributed by atoms with Crippen molar-refractivity contribution in [3.8, 4) is 5.75 Å². The van der Waals surface area contributed by atoms with E-state index >= 15 is 0 Å². The SMILES string of the molecule is C[C@H](CCc1ccc(O)cc1)NC(=O)[C@@H](OC(=O)C(Cl)Cl)c1ccccc1F. The molecule has 0 aliphatic rings. The van der Waals surface area contributed by atoms with Gasteiger partial charge < -0.3 is 15.2 Å². The number of rotatable bonds is 8. The molecule has 150 valence electrons. The Morgan fingerprint density at radius 2 is 1.79 bits per heavy atom. The van der Waals surface area contributed by atoms with Crippen molar-refractivity contribution < 1.29 is 23.8 Å². The number of benzene rings is 2. The standard InChI is InChI=1S/C20H20Cl2FNO4/c1-12(6-7-13-8-10-14(25)11-9-13)24-19(26)17(28-20(27)18(21)22)15-4-2-3-5-16(15)23/h2-5,8-12,17-18,25H,6-7H2,1H3,(H,24,26)/t12-,17+/m1/s1. The van der Waals surface area contributed by atoms with Crippen LogP contribution in [0.25, 0.3) is 0 Å². The maximum Gasteiger partial charge on any atom is 0.340 e. The van der Waals surface area contributed by atoms with Crippen LogP contribution in [0.2, 0.25) is 0 Å². The molecule has 2 N–H and O–H groups in total. The zero-order valence-electron chi connectivity index (χ0n) is 15.1. The fourth-order valence-electron chi connectivity index (χ4n) is 2.55. The van der Waals surface area contributed by atoms with E-state index in [2.05, 4.69) is 5.32 Å². The Labute approximate surface area is 172 Å². The lowest BCUT2D eigenvalue weighted by atomic mass is 10.0. The summed E-state index contributed by atoms with van der Waals surface area (Å²) in [6.07, 6.45) is -0.274. The highest BCUT2D eigenvalue weighted by molar-refractivity contribution is 6.52. The van der Waals surface area contributed by atoms with Gasteiger partial charge in [0.1, 0.15) is 11.6 Å². The van der Waals surface area contributed by atoms with Gasteiger partial charge in [0, 0.05) is 11.6 Å². The summed E-state index contributed by atoms with van der Waals surface area (Å²) >= 11 is 11.0. The molecular formula is C20H20Cl2FNO4. The van der Waals surface area contributed by atoms with Crippen molar-refractivity contribution in [2.45, 2.75) is 36.7 Å². The Kier molecular flexibility index (Phi) is 8.08. The number of hydrogen-bond donors (Lipinski definition) is 2. The average molecular weight is 428 g/mol. The molecule has 28 heavy (non-hydrogen) atoms. The smallest absolute Gasteiger partial charge is 0.340 e. The second-order valence-corrected chi connectivity index (χ2v) is 7.35. The minimum absolute atomic E-state index is 0.0898. The molecule has 1 amide bonds. The monoisotopic (exact) mass is 427 g/mol. The van der Waals surface area contributed by atoms with Crippen molar-refractivity contribution in [3.05, 3.63) is 65.5 Å². The number of hydrogen-bond acceptors (Lipinski definition) is 4. The lowest BCUT2D eigenvalue weighted by Gasteiger charge is -2.21. The van der Waals surface area contributed by atoms with E-state index in [4.69, 9.17) is 27.9 Å². The number of halogens is 3. The summed E-state index contributed by atoms with van der Waals surface area (Å²) in [7, 11) is 0. The summed E-state index contributed by atoms with van der Waals surface area (Å²) < 4.78 is 19.2. The average Bonchev–Trinajstić information content (AvgIpc) is 2.66. The summed E-state index contributed by atoms with van der Waals surface area (Å²) in [5.41, 5.74) is 0.899. The molecule has 0 bridgehead atoms. The van der Waals surface area contributed by atoms with E-state index in [-0.39, 0.29) is 17.4 Å². The maximum absolute atomic E-state index is 14.1. The molecule has 8 heteroatoms. The number of alkyl halides is 2. The van der Waals surface area contributed by atoms with Gasteiger partial charge >= 0.3 is 5.97 Å². The second kappa shape index (κ2) is 10.3. The minimum atomic E-state index is -1.51. The molecule has 0 aromatic heterocycles. The van der Waals surface area contributed by atoms with E-state index in [1.165, 1.54) is 18.2 Å². The number of carbonyl (C=O) groups is 2. The van der Waals surface area contributed by atoms with Gasteiger partial charge in [0.25, 0.3) is 5.91 Å². The Balaban J connectivity index is 2.05. The number of esters is 1. The van der Waals surface area contributed by atoms with Gasteiger partial charge in [-0.2, -0.15) is 0 Å². The van der Waals surface area contributed by atoms with Gasteiger partial charge in [0.15, 0.2) is 0 Å². The van der Waals surface area contributed by atoms with Gasteiger partial charge in [-0.1, -0.05) is 53.5 Å². The molecule has 0 unspecified atom stereocenters. The predicted molar refractivity (Wildman–Crippen MR) is 105 cm³/mol. The summed E-state index contributed by atoms with van der Waals surface area (Å²) in [5.74, 6) is -2.22. The topological polar surface area (TPSA) is 75.6 Å². The third-order valence-electron chi connectivity index (χ3n) is 4.03. The lowest BCUT2D eigenvalue weighted by Crippen LogP contribution is -2.39. The molecular weight excluding hydrogens is 408 g/mol. The number of phenolic OH excluding ortho intramolecular Hbond substituents is 1. The summed E-state index contributed by atoms with van der Waals surface area (Å²) in [6, 6.07) is 12.0. The third kappa shape index (κ3) is 6.39. The summed E-state index contributed by atoms with van der Waals surface area (Å²) in [6.45, 7) is 1.78. The van der Waals surface area contributed by atoms with Gasteiger partial charge in [-0.15, -0.1) is 0 Å².